The number of nitrogens with zero attached hydrogens (tertiary/aromatic N) is 1. The Morgan fingerprint density at radius 2 is 1.96 bits per heavy atom. The number of piperidine rings is 1. The number of amides is 1. The summed E-state index contributed by atoms with van der Waals surface area (Å²) in [5.41, 5.74) is 1.46. The van der Waals surface area contributed by atoms with Crippen LogP contribution in [0.15, 0.2) is 24.3 Å². The van der Waals surface area contributed by atoms with Gasteiger partial charge >= 0.3 is 0 Å². The first-order valence-corrected chi connectivity index (χ1v) is 9.94. The van der Waals surface area contributed by atoms with Gasteiger partial charge in [-0.05, 0) is 30.9 Å². The van der Waals surface area contributed by atoms with Crippen molar-refractivity contribution in [2.45, 2.75) is 38.8 Å². The van der Waals surface area contributed by atoms with E-state index in [0.717, 1.165) is 5.56 Å². The number of hydrogen-bond donors (Lipinski definition) is 1. The van der Waals surface area contributed by atoms with Gasteiger partial charge in [-0.15, -0.1) is 0 Å². The van der Waals surface area contributed by atoms with Gasteiger partial charge in [-0.25, -0.2) is 12.7 Å². The van der Waals surface area contributed by atoms with Crippen LogP contribution in [0.1, 0.15) is 42.1 Å². The van der Waals surface area contributed by atoms with Gasteiger partial charge in [0.05, 0.1) is 12.4 Å². The molecule has 1 N–H and O–H groups in total. The van der Waals surface area contributed by atoms with Crippen molar-refractivity contribution in [1.29, 1.82) is 0 Å². The SMILES string of the molecule is CCCS(=O)(=O)N1CCC(NC(=O)c2ccccc2COC)CC1. The Morgan fingerprint density at radius 1 is 1.29 bits per heavy atom. The predicted octanol–water partition coefficient (Wildman–Crippen LogP) is 1.77. The van der Waals surface area contributed by atoms with Crippen molar-refractivity contribution in [3.05, 3.63) is 35.4 Å². The Bertz CT molecular complexity index is 652. The molecule has 0 saturated carbocycles. The summed E-state index contributed by atoms with van der Waals surface area (Å²) in [5.74, 6) is 0.0616. The molecule has 1 aliphatic heterocycles. The van der Waals surface area contributed by atoms with Gasteiger partial charge < -0.3 is 10.1 Å². The van der Waals surface area contributed by atoms with E-state index < -0.39 is 10.0 Å². The third-order valence-electron chi connectivity index (χ3n) is 4.21. The highest BCUT2D eigenvalue weighted by Gasteiger charge is 2.28. The van der Waals surface area contributed by atoms with Crippen molar-refractivity contribution in [1.82, 2.24) is 9.62 Å². The second-order valence-electron chi connectivity index (χ2n) is 6.05. The van der Waals surface area contributed by atoms with E-state index >= 15 is 0 Å². The number of hydrogen-bond acceptors (Lipinski definition) is 4. The smallest absolute Gasteiger partial charge is 0.251 e. The van der Waals surface area contributed by atoms with E-state index in [2.05, 4.69) is 5.32 Å². The summed E-state index contributed by atoms with van der Waals surface area (Å²) in [6.07, 6.45) is 1.90. The summed E-state index contributed by atoms with van der Waals surface area (Å²) in [7, 11) is -1.55. The molecule has 1 aromatic rings. The number of carbonyl (C=O) groups excluding carboxylic acids is 1. The van der Waals surface area contributed by atoms with Crippen LogP contribution in [0.4, 0.5) is 0 Å². The van der Waals surface area contributed by atoms with Crippen LogP contribution in [0.25, 0.3) is 0 Å². The molecular weight excluding hydrogens is 328 g/mol. The van der Waals surface area contributed by atoms with Crippen LogP contribution in [0.5, 0.6) is 0 Å². The average molecular weight is 354 g/mol. The Balaban J connectivity index is 1.93. The van der Waals surface area contributed by atoms with Crippen molar-refractivity contribution in [3.63, 3.8) is 0 Å². The zero-order valence-electron chi connectivity index (χ0n) is 14.3. The van der Waals surface area contributed by atoms with Crippen LogP contribution in [0.2, 0.25) is 0 Å². The molecule has 0 radical (unpaired) electrons. The van der Waals surface area contributed by atoms with Gasteiger partial charge in [-0.2, -0.15) is 0 Å². The van der Waals surface area contributed by atoms with Crippen molar-refractivity contribution < 1.29 is 17.9 Å². The molecule has 0 spiro atoms. The molecule has 1 amide bonds. The number of sulfonamides is 1. The van der Waals surface area contributed by atoms with Gasteiger partial charge in [0.1, 0.15) is 0 Å². The van der Waals surface area contributed by atoms with Crippen LogP contribution in [-0.2, 0) is 21.4 Å². The highest BCUT2D eigenvalue weighted by atomic mass is 32.2. The fourth-order valence-electron chi connectivity index (χ4n) is 2.95. The molecule has 1 fully saturated rings. The normalized spacial score (nSPS) is 16.9. The summed E-state index contributed by atoms with van der Waals surface area (Å²) >= 11 is 0. The molecule has 1 aliphatic rings. The van der Waals surface area contributed by atoms with E-state index in [1.807, 2.05) is 25.1 Å². The molecule has 7 heteroatoms. The minimum atomic E-state index is -3.15. The topological polar surface area (TPSA) is 75.7 Å². The van der Waals surface area contributed by atoms with E-state index in [1.54, 1.807) is 13.2 Å². The molecule has 0 atom stereocenters. The number of benzene rings is 1. The minimum Gasteiger partial charge on any atom is -0.380 e. The molecule has 0 unspecified atom stereocenters. The average Bonchev–Trinajstić information content (AvgIpc) is 2.56. The maximum Gasteiger partial charge on any atom is 0.251 e. The Labute approximate surface area is 144 Å². The lowest BCUT2D eigenvalue weighted by Crippen LogP contribution is -2.47. The van der Waals surface area contributed by atoms with E-state index in [4.69, 9.17) is 4.74 Å². The quantitative estimate of drug-likeness (QED) is 0.810. The van der Waals surface area contributed by atoms with Crippen molar-refractivity contribution in [2.75, 3.05) is 26.0 Å². The fraction of sp³-hybridized carbons (Fsp3) is 0.588. The maximum atomic E-state index is 12.5. The maximum absolute atomic E-state index is 12.5. The van der Waals surface area contributed by atoms with Crippen molar-refractivity contribution >= 4 is 15.9 Å². The third-order valence-corrected chi connectivity index (χ3v) is 6.28. The van der Waals surface area contributed by atoms with Crippen molar-refractivity contribution in [3.8, 4) is 0 Å². The van der Waals surface area contributed by atoms with Gasteiger partial charge in [-0.3, -0.25) is 4.79 Å². The largest absolute Gasteiger partial charge is 0.380 e. The van der Waals surface area contributed by atoms with E-state index in [9.17, 15) is 13.2 Å². The monoisotopic (exact) mass is 354 g/mol. The van der Waals surface area contributed by atoms with Crippen LogP contribution in [0, 0.1) is 0 Å². The summed E-state index contributed by atoms with van der Waals surface area (Å²) in [4.78, 5) is 12.5. The highest BCUT2D eigenvalue weighted by molar-refractivity contribution is 7.89. The zero-order valence-corrected chi connectivity index (χ0v) is 15.1. The van der Waals surface area contributed by atoms with Gasteiger partial charge in [0.25, 0.3) is 5.91 Å². The van der Waals surface area contributed by atoms with Crippen LogP contribution in [-0.4, -0.2) is 50.6 Å². The van der Waals surface area contributed by atoms with E-state index in [-0.39, 0.29) is 17.7 Å². The molecular formula is C17H26N2O4S. The fourth-order valence-corrected chi connectivity index (χ4v) is 4.49. The second kappa shape index (κ2) is 8.60. The standard InChI is InChI=1S/C17H26N2O4S/c1-3-12-24(21,22)19-10-8-15(9-11-19)18-17(20)16-7-5-4-6-14(16)13-23-2/h4-7,15H,3,8-13H2,1-2H3,(H,18,20). The van der Waals surface area contributed by atoms with E-state index in [1.165, 1.54) is 4.31 Å². The molecule has 6 nitrogen and oxygen atoms in total. The summed E-state index contributed by atoms with van der Waals surface area (Å²) in [5, 5.41) is 3.02. The van der Waals surface area contributed by atoms with Crippen LogP contribution in [0.3, 0.4) is 0 Å². The van der Waals surface area contributed by atoms with Gasteiger partial charge in [0.2, 0.25) is 10.0 Å². The lowest BCUT2D eigenvalue weighted by molar-refractivity contribution is 0.0919. The molecule has 1 heterocycles. The summed E-state index contributed by atoms with van der Waals surface area (Å²) in [6.45, 7) is 3.18. The Kier molecular flexibility index (Phi) is 6.77. The molecule has 0 bridgehead atoms. The van der Waals surface area contributed by atoms with Gasteiger partial charge in [0, 0.05) is 31.8 Å². The third kappa shape index (κ3) is 4.78. The summed E-state index contributed by atoms with van der Waals surface area (Å²) < 4.78 is 30.8. The number of rotatable bonds is 7. The highest BCUT2D eigenvalue weighted by Crippen LogP contribution is 2.17. The van der Waals surface area contributed by atoms with Crippen LogP contribution >= 0.6 is 0 Å². The minimum absolute atomic E-state index is 0.00109. The molecule has 24 heavy (non-hydrogen) atoms. The lowest BCUT2D eigenvalue weighted by Gasteiger charge is -2.31. The van der Waals surface area contributed by atoms with Crippen molar-refractivity contribution in [2.24, 2.45) is 0 Å². The second-order valence-corrected chi connectivity index (χ2v) is 8.14. The molecule has 1 aromatic carbocycles. The molecule has 1 saturated heterocycles. The molecule has 0 aliphatic carbocycles. The summed E-state index contributed by atoms with van der Waals surface area (Å²) in [6, 6.07) is 7.36. The van der Waals surface area contributed by atoms with Gasteiger partial charge in [0.15, 0.2) is 0 Å². The first-order chi connectivity index (χ1) is 11.5. The Morgan fingerprint density at radius 3 is 2.58 bits per heavy atom. The molecule has 2 rings (SSSR count). The number of nitrogens with one attached hydrogen (secondary N) is 1. The number of ether oxygens (including phenoxy) is 1. The number of methoxy groups -OCH3 is 1. The zero-order chi connectivity index (χ0) is 17.6. The molecule has 134 valence electrons. The first kappa shape index (κ1) is 18.9. The Hall–Kier alpha value is -1.44. The molecule has 0 aromatic heterocycles. The number of carbonyl (C=O) groups is 1. The lowest BCUT2D eigenvalue weighted by atomic mass is 10.0. The van der Waals surface area contributed by atoms with E-state index in [0.29, 0.717) is 44.5 Å². The predicted molar refractivity (Wildman–Crippen MR) is 93.3 cm³/mol. The van der Waals surface area contributed by atoms with Gasteiger partial charge in [-0.1, -0.05) is 25.1 Å². The van der Waals surface area contributed by atoms with Crippen LogP contribution < -0.4 is 5.32 Å². The first-order valence-electron chi connectivity index (χ1n) is 8.33.